The van der Waals surface area contributed by atoms with Crippen LogP contribution in [0.4, 0.5) is 8.78 Å². The van der Waals surface area contributed by atoms with Gasteiger partial charge in [-0.1, -0.05) is 19.8 Å². The van der Waals surface area contributed by atoms with Crippen LogP contribution in [0, 0.1) is 11.8 Å². The Labute approximate surface area is 96.0 Å². The van der Waals surface area contributed by atoms with E-state index in [1.807, 2.05) is 0 Å². The van der Waals surface area contributed by atoms with Crippen LogP contribution in [0.1, 0.15) is 39.0 Å². The molecule has 0 aliphatic heterocycles. The summed E-state index contributed by atoms with van der Waals surface area (Å²) in [6, 6.07) is 0. The average Bonchev–Trinajstić information content (AvgIpc) is 2.24. The molecule has 1 aliphatic rings. The van der Waals surface area contributed by atoms with Gasteiger partial charge in [-0.05, 0) is 31.1 Å². The summed E-state index contributed by atoms with van der Waals surface area (Å²) in [6.07, 6.45) is 2.19. The number of aliphatic hydroxyl groups excluding tert-OH is 1. The molecule has 0 aromatic rings. The second-order valence-electron chi connectivity index (χ2n) is 4.85. The molecule has 1 saturated carbocycles. The van der Waals surface area contributed by atoms with Crippen LogP contribution >= 0.6 is 0 Å². The van der Waals surface area contributed by atoms with Gasteiger partial charge in [0, 0.05) is 6.61 Å². The van der Waals surface area contributed by atoms with Gasteiger partial charge in [-0.3, -0.25) is 0 Å². The van der Waals surface area contributed by atoms with Crippen molar-refractivity contribution in [3.05, 3.63) is 0 Å². The lowest BCUT2D eigenvalue weighted by molar-refractivity contribution is -0.00819. The SMILES string of the molecule is CC1CCCC(C(O)CCOCC(F)F)C1. The van der Waals surface area contributed by atoms with Gasteiger partial charge in [-0.2, -0.15) is 0 Å². The topological polar surface area (TPSA) is 29.5 Å². The number of ether oxygens (including phenoxy) is 1. The molecular weight excluding hydrogens is 214 g/mol. The van der Waals surface area contributed by atoms with Crippen molar-refractivity contribution in [3.8, 4) is 0 Å². The molecule has 0 aromatic carbocycles. The van der Waals surface area contributed by atoms with Crippen LogP contribution in [-0.2, 0) is 4.74 Å². The first-order valence-electron chi connectivity index (χ1n) is 6.13. The van der Waals surface area contributed by atoms with Crippen molar-refractivity contribution in [2.45, 2.75) is 51.6 Å². The summed E-state index contributed by atoms with van der Waals surface area (Å²) < 4.78 is 28.3. The Balaban J connectivity index is 2.11. The lowest BCUT2D eigenvalue weighted by Crippen LogP contribution is -2.27. The Kier molecular flexibility index (Phi) is 6.21. The summed E-state index contributed by atoms with van der Waals surface area (Å²) in [7, 11) is 0. The molecule has 96 valence electrons. The van der Waals surface area contributed by atoms with Crippen molar-refractivity contribution in [3.63, 3.8) is 0 Å². The molecule has 0 heterocycles. The van der Waals surface area contributed by atoms with Crippen molar-refractivity contribution in [1.82, 2.24) is 0 Å². The molecule has 3 atom stereocenters. The molecule has 3 unspecified atom stereocenters. The van der Waals surface area contributed by atoms with Gasteiger partial charge < -0.3 is 9.84 Å². The zero-order valence-electron chi connectivity index (χ0n) is 9.87. The lowest BCUT2D eigenvalue weighted by Gasteiger charge is -2.30. The van der Waals surface area contributed by atoms with E-state index in [0.717, 1.165) is 12.8 Å². The molecule has 1 fully saturated rings. The second-order valence-corrected chi connectivity index (χ2v) is 4.85. The Morgan fingerprint density at radius 3 is 2.75 bits per heavy atom. The maximum atomic E-state index is 11.8. The van der Waals surface area contributed by atoms with E-state index < -0.39 is 13.0 Å². The van der Waals surface area contributed by atoms with Gasteiger partial charge in [0.1, 0.15) is 6.61 Å². The van der Waals surface area contributed by atoms with Crippen LogP contribution in [0.3, 0.4) is 0 Å². The van der Waals surface area contributed by atoms with Crippen LogP contribution in [0.5, 0.6) is 0 Å². The van der Waals surface area contributed by atoms with E-state index in [0.29, 0.717) is 18.3 Å². The largest absolute Gasteiger partial charge is 0.393 e. The van der Waals surface area contributed by atoms with Crippen LogP contribution in [-0.4, -0.2) is 30.8 Å². The first kappa shape index (κ1) is 13.8. The first-order chi connectivity index (χ1) is 7.59. The second kappa shape index (κ2) is 7.17. The monoisotopic (exact) mass is 236 g/mol. The Morgan fingerprint density at radius 2 is 2.12 bits per heavy atom. The minimum Gasteiger partial charge on any atom is -0.393 e. The average molecular weight is 236 g/mol. The third-order valence-electron chi connectivity index (χ3n) is 3.32. The van der Waals surface area contributed by atoms with Gasteiger partial charge in [-0.15, -0.1) is 0 Å². The molecule has 4 heteroatoms. The van der Waals surface area contributed by atoms with E-state index in [2.05, 4.69) is 6.92 Å². The van der Waals surface area contributed by atoms with Gasteiger partial charge >= 0.3 is 0 Å². The third-order valence-corrected chi connectivity index (χ3v) is 3.32. The third kappa shape index (κ3) is 5.21. The minimum absolute atomic E-state index is 0.233. The summed E-state index contributed by atoms with van der Waals surface area (Å²) in [4.78, 5) is 0. The Hall–Kier alpha value is -0.220. The van der Waals surface area contributed by atoms with Crippen molar-refractivity contribution < 1.29 is 18.6 Å². The normalized spacial score (nSPS) is 28.3. The first-order valence-corrected chi connectivity index (χ1v) is 6.13. The van der Waals surface area contributed by atoms with Gasteiger partial charge in [0.2, 0.25) is 0 Å². The predicted octanol–water partition coefficient (Wildman–Crippen LogP) is 2.85. The summed E-state index contributed by atoms with van der Waals surface area (Å²) in [5.41, 5.74) is 0. The zero-order chi connectivity index (χ0) is 12.0. The summed E-state index contributed by atoms with van der Waals surface area (Å²) in [5, 5.41) is 9.89. The van der Waals surface area contributed by atoms with E-state index >= 15 is 0 Å². The van der Waals surface area contributed by atoms with Crippen LogP contribution < -0.4 is 0 Å². The lowest BCUT2D eigenvalue weighted by atomic mass is 9.79. The molecule has 0 amide bonds. The summed E-state index contributed by atoms with van der Waals surface area (Å²) >= 11 is 0. The fourth-order valence-electron chi connectivity index (χ4n) is 2.44. The number of hydrogen-bond donors (Lipinski definition) is 1. The number of hydrogen-bond acceptors (Lipinski definition) is 2. The number of aliphatic hydroxyl groups is 1. The molecule has 1 rings (SSSR count). The highest BCUT2D eigenvalue weighted by Gasteiger charge is 2.24. The molecule has 1 aliphatic carbocycles. The summed E-state index contributed by atoms with van der Waals surface area (Å²) in [6.45, 7) is 1.91. The van der Waals surface area contributed by atoms with Crippen molar-refractivity contribution >= 4 is 0 Å². The quantitative estimate of drug-likeness (QED) is 0.719. The van der Waals surface area contributed by atoms with Crippen molar-refractivity contribution in [2.24, 2.45) is 11.8 Å². The Bertz CT molecular complexity index is 188. The molecule has 16 heavy (non-hydrogen) atoms. The molecule has 0 aromatic heterocycles. The van der Waals surface area contributed by atoms with E-state index in [-0.39, 0.29) is 12.7 Å². The summed E-state index contributed by atoms with van der Waals surface area (Å²) in [5.74, 6) is 1.01. The van der Waals surface area contributed by atoms with E-state index in [9.17, 15) is 13.9 Å². The van der Waals surface area contributed by atoms with E-state index in [1.165, 1.54) is 12.8 Å². The van der Waals surface area contributed by atoms with Gasteiger partial charge in [0.05, 0.1) is 6.10 Å². The highest BCUT2D eigenvalue weighted by atomic mass is 19.3. The van der Waals surface area contributed by atoms with Crippen LogP contribution in [0.25, 0.3) is 0 Å². The molecule has 0 saturated heterocycles. The fourth-order valence-corrected chi connectivity index (χ4v) is 2.44. The van der Waals surface area contributed by atoms with E-state index in [4.69, 9.17) is 4.74 Å². The molecule has 0 spiro atoms. The van der Waals surface area contributed by atoms with Crippen LogP contribution in [0.2, 0.25) is 0 Å². The molecule has 0 bridgehead atoms. The van der Waals surface area contributed by atoms with E-state index in [1.54, 1.807) is 0 Å². The molecule has 2 nitrogen and oxygen atoms in total. The highest BCUT2D eigenvalue weighted by molar-refractivity contribution is 4.76. The molecule has 0 radical (unpaired) electrons. The van der Waals surface area contributed by atoms with Crippen molar-refractivity contribution in [2.75, 3.05) is 13.2 Å². The smallest absolute Gasteiger partial charge is 0.261 e. The van der Waals surface area contributed by atoms with Crippen LogP contribution in [0.15, 0.2) is 0 Å². The number of halogens is 2. The predicted molar refractivity (Wildman–Crippen MR) is 58.6 cm³/mol. The minimum atomic E-state index is -2.41. The molecular formula is C12H22F2O2. The van der Waals surface area contributed by atoms with Gasteiger partial charge in [0.25, 0.3) is 6.43 Å². The maximum Gasteiger partial charge on any atom is 0.261 e. The number of rotatable bonds is 6. The van der Waals surface area contributed by atoms with Crippen molar-refractivity contribution in [1.29, 1.82) is 0 Å². The maximum absolute atomic E-state index is 11.8. The fraction of sp³-hybridized carbons (Fsp3) is 1.00. The zero-order valence-corrected chi connectivity index (χ0v) is 9.87. The van der Waals surface area contributed by atoms with Gasteiger partial charge in [-0.25, -0.2) is 8.78 Å². The van der Waals surface area contributed by atoms with Gasteiger partial charge in [0.15, 0.2) is 0 Å². The molecule has 1 N–H and O–H groups in total. The number of alkyl halides is 2. The Morgan fingerprint density at radius 1 is 1.38 bits per heavy atom. The highest BCUT2D eigenvalue weighted by Crippen LogP contribution is 2.31. The standard InChI is InChI=1S/C12H22F2O2/c1-9-3-2-4-10(7-9)11(15)5-6-16-8-12(13)14/h9-12,15H,2-8H2,1H3.